The molecule has 0 atom stereocenters. The molecule has 118 valence electrons. The Bertz CT molecular complexity index is 921. The number of thioether (sulfide) groups is 1. The van der Waals surface area contributed by atoms with Gasteiger partial charge in [0.15, 0.2) is 9.99 Å². The van der Waals surface area contributed by atoms with Crippen LogP contribution in [0.3, 0.4) is 0 Å². The maximum Gasteiger partial charge on any atom is 0.273 e. The number of aromatic nitrogens is 3. The minimum atomic E-state index is -0.394. The number of thiazole rings is 1. The molecule has 3 aromatic rings. The molecule has 0 aliphatic rings. The first-order valence-corrected chi connectivity index (χ1v) is 8.56. The summed E-state index contributed by atoms with van der Waals surface area (Å²) in [6, 6.07) is 5.39. The van der Waals surface area contributed by atoms with E-state index < -0.39 is 5.91 Å². The number of hydrogen-bond donors (Lipinski definition) is 1. The Kier molecular flexibility index (Phi) is 4.39. The highest BCUT2D eigenvalue weighted by atomic mass is 32.2. The third kappa shape index (κ3) is 3.40. The van der Waals surface area contributed by atoms with E-state index in [0.29, 0.717) is 16.0 Å². The van der Waals surface area contributed by atoms with Crippen molar-refractivity contribution in [2.45, 2.75) is 10.9 Å². The highest BCUT2D eigenvalue weighted by molar-refractivity contribution is 8.00. The number of benzene rings is 1. The van der Waals surface area contributed by atoms with Gasteiger partial charge in [-0.2, -0.15) is 0 Å². The summed E-state index contributed by atoms with van der Waals surface area (Å²) < 4.78 is 15.2. The monoisotopic (exact) mass is 350 g/mol. The van der Waals surface area contributed by atoms with E-state index in [4.69, 9.17) is 0 Å². The van der Waals surface area contributed by atoms with Crippen molar-refractivity contribution < 1.29 is 9.18 Å². The lowest BCUT2D eigenvalue weighted by Gasteiger charge is -2.06. The van der Waals surface area contributed by atoms with E-state index in [1.54, 1.807) is 0 Å². The molecule has 0 unspecified atom stereocenters. The molecule has 2 aromatic heterocycles. The first-order chi connectivity index (χ1) is 11.1. The zero-order valence-electron chi connectivity index (χ0n) is 11.9. The SMILES string of the molecule is CSc1nc2ncn(CC(=O)Nc3ccc(F)cc3)c(=O)c2s1. The van der Waals surface area contributed by atoms with Gasteiger partial charge in [0.05, 0.1) is 0 Å². The number of amides is 1. The number of carbonyl (C=O) groups is 1. The van der Waals surface area contributed by atoms with E-state index in [9.17, 15) is 14.0 Å². The molecule has 0 fully saturated rings. The fourth-order valence-corrected chi connectivity index (χ4v) is 3.38. The number of nitrogens with zero attached hydrogens (tertiary/aromatic N) is 3. The second-order valence-corrected chi connectivity index (χ2v) is 6.62. The smallest absolute Gasteiger partial charge is 0.273 e. The van der Waals surface area contributed by atoms with E-state index in [1.165, 1.54) is 58.3 Å². The molecular weight excluding hydrogens is 339 g/mol. The third-order valence-electron chi connectivity index (χ3n) is 2.98. The van der Waals surface area contributed by atoms with Crippen molar-refractivity contribution in [2.75, 3.05) is 11.6 Å². The molecule has 1 aromatic carbocycles. The highest BCUT2D eigenvalue weighted by Gasteiger charge is 2.12. The summed E-state index contributed by atoms with van der Waals surface area (Å²) in [6.45, 7) is -0.175. The van der Waals surface area contributed by atoms with Crippen LogP contribution < -0.4 is 10.9 Å². The number of carbonyl (C=O) groups excluding carboxylic acids is 1. The van der Waals surface area contributed by atoms with Gasteiger partial charge in [-0.1, -0.05) is 11.8 Å². The van der Waals surface area contributed by atoms with Gasteiger partial charge in [-0.25, -0.2) is 14.4 Å². The fraction of sp³-hybridized carbons (Fsp3) is 0.143. The topological polar surface area (TPSA) is 76.9 Å². The van der Waals surface area contributed by atoms with E-state index in [-0.39, 0.29) is 17.9 Å². The maximum absolute atomic E-state index is 12.8. The Morgan fingerprint density at radius 2 is 2.13 bits per heavy atom. The zero-order chi connectivity index (χ0) is 16.4. The molecule has 0 aliphatic heterocycles. The molecule has 0 saturated heterocycles. The number of fused-ring (bicyclic) bond motifs is 1. The van der Waals surface area contributed by atoms with Crippen molar-refractivity contribution in [3.05, 3.63) is 46.8 Å². The number of rotatable bonds is 4. The zero-order valence-corrected chi connectivity index (χ0v) is 13.6. The Morgan fingerprint density at radius 1 is 1.39 bits per heavy atom. The second-order valence-electron chi connectivity index (χ2n) is 4.57. The van der Waals surface area contributed by atoms with Crippen LogP contribution in [-0.2, 0) is 11.3 Å². The molecule has 23 heavy (non-hydrogen) atoms. The molecular formula is C14H11FN4O2S2. The molecule has 1 amide bonds. The van der Waals surface area contributed by atoms with E-state index >= 15 is 0 Å². The molecule has 0 bridgehead atoms. The van der Waals surface area contributed by atoms with Gasteiger partial charge in [0, 0.05) is 5.69 Å². The summed E-state index contributed by atoms with van der Waals surface area (Å²) in [5, 5.41) is 2.60. The lowest BCUT2D eigenvalue weighted by Crippen LogP contribution is -2.27. The van der Waals surface area contributed by atoms with E-state index in [1.807, 2.05) is 6.26 Å². The van der Waals surface area contributed by atoms with Crippen LogP contribution in [0.2, 0.25) is 0 Å². The van der Waals surface area contributed by atoms with Crippen LogP contribution >= 0.6 is 23.1 Å². The molecule has 0 spiro atoms. The Hall–Kier alpha value is -2.26. The van der Waals surface area contributed by atoms with E-state index in [2.05, 4.69) is 15.3 Å². The molecule has 3 rings (SSSR count). The van der Waals surface area contributed by atoms with Crippen LogP contribution in [0.1, 0.15) is 0 Å². The normalized spacial score (nSPS) is 10.9. The number of nitrogens with one attached hydrogen (secondary N) is 1. The molecule has 1 N–H and O–H groups in total. The van der Waals surface area contributed by atoms with Gasteiger partial charge in [-0.3, -0.25) is 14.2 Å². The minimum Gasteiger partial charge on any atom is -0.325 e. The predicted octanol–water partition coefficient (Wildman–Crippen LogP) is 2.35. The standard InChI is InChI=1S/C14H11FN4O2S2/c1-22-14-18-12-11(23-14)13(21)19(7-16-12)6-10(20)17-9-4-2-8(15)3-5-9/h2-5,7H,6H2,1H3,(H,17,20). The van der Waals surface area contributed by atoms with Crippen LogP contribution in [0.25, 0.3) is 10.3 Å². The largest absolute Gasteiger partial charge is 0.325 e. The van der Waals surface area contributed by atoms with Crippen LogP contribution in [0.4, 0.5) is 10.1 Å². The molecule has 6 nitrogen and oxygen atoms in total. The Balaban J connectivity index is 1.80. The van der Waals surface area contributed by atoms with Crippen LogP contribution in [0, 0.1) is 5.82 Å². The highest BCUT2D eigenvalue weighted by Crippen LogP contribution is 2.24. The van der Waals surface area contributed by atoms with Crippen molar-refractivity contribution >= 4 is 45.0 Å². The van der Waals surface area contributed by atoms with Gasteiger partial charge in [-0.05, 0) is 30.5 Å². The Labute approximate surface area is 138 Å². The number of halogens is 1. The maximum atomic E-state index is 12.8. The summed E-state index contributed by atoms with van der Waals surface area (Å²) >= 11 is 2.69. The number of hydrogen-bond acceptors (Lipinski definition) is 6. The first kappa shape index (κ1) is 15.6. The molecule has 0 saturated carbocycles. The van der Waals surface area contributed by atoms with Crippen molar-refractivity contribution in [3.63, 3.8) is 0 Å². The van der Waals surface area contributed by atoms with Crippen molar-refractivity contribution in [2.24, 2.45) is 0 Å². The average Bonchev–Trinajstić information content (AvgIpc) is 2.96. The molecule has 0 radical (unpaired) electrons. The summed E-state index contributed by atoms with van der Waals surface area (Å²) in [4.78, 5) is 32.7. The van der Waals surface area contributed by atoms with Gasteiger partial charge in [-0.15, -0.1) is 11.3 Å². The summed E-state index contributed by atoms with van der Waals surface area (Å²) in [5.41, 5.74) is 0.544. The van der Waals surface area contributed by atoms with Gasteiger partial charge in [0.25, 0.3) is 5.56 Å². The number of anilines is 1. The summed E-state index contributed by atoms with van der Waals surface area (Å²) in [6.07, 6.45) is 3.17. The lowest BCUT2D eigenvalue weighted by molar-refractivity contribution is -0.116. The van der Waals surface area contributed by atoms with Gasteiger partial charge in [0.1, 0.15) is 23.4 Å². The van der Waals surface area contributed by atoms with E-state index in [0.717, 1.165) is 4.34 Å². The molecule has 9 heteroatoms. The van der Waals surface area contributed by atoms with Crippen molar-refractivity contribution in [1.82, 2.24) is 14.5 Å². The third-order valence-corrected chi connectivity index (χ3v) is 5.00. The average molecular weight is 350 g/mol. The van der Waals surface area contributed by atoms with Crippen molar-refractivity contribution in [1.29, 1.82) is 0 Å². The second kappa shape index (κ2) is 6.47. The van der Waals surface area contributed by atoms with Gasteiger partial charge < -0.3 is 5.32 Å². The fourth-order valence-electron chi connectivity index (χ4n) is 1.92. The van der Waals surface area contributed by atoms with Gasteiger partial charge >= 0.3 is 0 Å². The lowest BCUT2D eigenvalue weighted by atomic mass is 10.3. The molecule has 0 aliphatic carbocycles. The molecule has 2 heterocycles. The Morgan fingerprint density at radius 3 is 2.83 bits per heavy atom. The van der Waals surface area contributed by atoms with Gasteiger partial charge in [0.2, 0.25) is 5.91 Å². The first-order valence-electron chi connectivity index (χ1n) is 6.52. The predicted molar refractivity (Wildman–Crippen MR) is 88.5 cm³/mol. The van der Waals surface area contributed by atoms with Crippen molar-refractivity contribution in [3.8, 4) is 0 Å². The summed E-state index contributed by atoms with van der Waals surface area (Å²) in [5.74, 6) is -0.780. The summed E-state index contributed by atoms with van der Waals surface area (Å²) in [7, 11) is 0. The van der Waals surface area contributed by atoms with Crippen LogP contribution in [0.5, 0.6) is 0 Å². The van der Waals surface area contributed by atoms with Crippen LogP contribution in [0.15, 0.2) is 39.7 Å². The van der Waals surface area contributed by atoms with Crippen LogP contribution in [-0.4, -0.2) is 26.7 Å². The quantitative estimate of drug-likeness (QED) is 0.731. The minimum absolute atomic E-state index is 0.175.